The molecule has 1 N–H and O–H groups in total. The van der Waals surface area contributed by atoms with Crippen LogP contribution in [0, 0.1) is 0 Å². The number of hydrogen-bond donors (Lipinski definition) is 1. The van der Waals surface area contributed by atoms with Crippen molar-refractivity contribution >= 4 is 21.4 Å². The Morgan fingerprint density at radius 3 is 2.33 bits per heavy atom. The molecule has 2 aromatic rings. The van der Waals surface area contributed by atoms with Crippen LogP contribution in [-0.2, 0) is 15.4 Å². The number of hydrogen-bond acceptors (Lipinski definition) is 4. The summed E-state index contributed by atoms with van der Waals surface area (Å²) in [5, 5.41) is 1.95. The van der Waals surface area contributed by atoms with Crippen molar-refractivity contribution in [2.24, 2.45) is 0 Å². The van der Waals surface area contributed by atoms with Crippen LogP contribution in [0.25, 0.3) is 0 Å². The lowest BCUT2D eigenvalue weighted by Gasteiger charge is -2.15. The largest absolute Gasteiger partial charge is 0.573 e. The van der Waals surface area contributed by atoms with E-state index in [1.807, 2.05) is 17.5 Å². The molecule has 1 fully saturated rings. The van der Waals surface area contributed by atoms with Crippen LogP contribution in [-0.4, -0.2) is 21.3 Å². The third kappa shape index (κ3) is 3.90. The Morgan fingerprint density at radius 2 is 1.83 bits per heavy atom. The van der Waals surface area contributed by atoms with E-state index in [1.165, 1.54) is 0 Å². The third-order valence-electron chi connectivity index (χ3n) is 3.87. The fraction of sp³-hybridized carbons (Fsp3) is 0.333. The Hall–Kier alpha value is -1.58. The molecule has 0 saturated heterocycles. The Kier molecular flexibility index (Phi) is 4.35. The molecule has 3 rings (SSSR count). The average molecular weight is 377 g/mol. The zero-order valence-electron chi connectivity index (χ0n) is 12.3. The van der Waals surface area contributed by atoms with Gasteiger partial charge in [-0.05, 0) is 48.6 Å². The van der Waals surface area contributed by atoms with E-state index in [0.29, 0.717) is 0 Å². The molecule has 0 amide bonds. The minimum Gasteiger partial charge on any atom is -0.406 e. The number of nitrogens with one attached hydrogen (secondary N) is 1. The van der Waals surface area contributed by atoms with Gasteiger partial charge in [-0.2, -0.15) is 0 Å². The number of sulfonamides is 1. The topological polar surface area (TPSA) is 55.4 Å². The summed E-state index contributed by atoms with van der Waals surface area (Å²) in [5.41, 5.74) is -0.152. The second kappa shape index (κ2) is 6.05. The van der Waals surface area contributed by atoms with Crippen LogP contribution in [0.3, 0.4) is 0 Å². The molecule has 130 valence electrons. The highest BCUT2D eigenvalue weighted by atomic mass is 32.2. The van der Waals surface area contributed by atoms with Crippen LogP contribution < -0.4 is 9.46 Å². The van der Waals surface area contributed by atoms with Crippen molar-refractivity contribution in [2.45, 2.75) is 29.5 Å². The Bertz CT molecular complexity index is 795. The van der Waals surface area contributed by atoms with Crippen LogP contribution in [0.1, 0.15) is 17.7 Å². The molecular weight excluding hydrogens is 363 g/mol. The van der Waals surface area contributed by atoms with E-state index < -0.39 is 22.1 Å². The Labute approximate surface area is 141 Å². The van der Waals surface area contributed by atoms with Gasteiger partial charge in [0.25, 0.3) is 0 Å². The van der Waals surface area contributed by atoms with Gasteiger partial charge in [-0.1, -0.05) is 6.07 Å². The first-order valence-electron chi connectivity index (χ1n) is 7.10. The molecule has 4 nitrogen and oxygen atoms in total. The maximum absolute atomic E-state index is 12.3. The molecule has 1 saturated carbocycles. The molecule has 1 aromatic heterocycles. The lowest BCUT2D eigenvalue weighted by molar-refractivity contribution is -0.274. The van der Waals surface area contributed by atoms with E-state index in [2.05, 4.69) is 9.46 Å². The molecule has 0 unspecified atom stereocenters. The first kappa shape index (κ1) is 17.2. The molecule has 0 atom stereocenters. The highest BCUT2D eigenvalue weighted by Gasteiger charge is 2.45. The van der Waals surface area contributed by atoms with E-state index in [-0.39, 0.29) is 16.9 Å². The van der Waals surface area contributed by atoms with Crippen LogP contribution in [0.4, 0.5) is 13.2 Å². The molecule has 0 spiro atoms. The lowest BCUT2D eigenvalue weighted by Crippen LogP contribution is -2.31. The summed E-state index contributed by atoms with van der Waals surface area (Å²) < 4.78 is 67.2. The van der Waals surface area contributed by atoms with E-state index in [1.54, 1.807) is 11.3 Å². The molecule has 1 aliphatic rings. The highest BCUT2D eigenvalue weighted by Crippen LogP contribution is 2.49. The van der Waals surface area contributed by atoms with Gasteiger partial charge in [0.1, 0.15) is 5.75 Å². The van der Waals surface area contributed by atoms with Crippen molar-refractivity contribution in [3.8, 4) is 5.75 Å². The van der Waals surface area contributed by atoms with Crippen LogP contribution >= 0.6 is 11.3 Å². The zero-order chi connectivity index (χ0) is 17.4. The number of benzene rings is 1. The van der Waals surface area contributed by atoms with Gasteiger partial charge in [0.05, 0.1) is 4.90 Å². The summed E-state index contributed by atoms with van der Waals surface area (Å²) in [6.45, 7) is 0.274. The molecule has 24 heavy (non-hydrogen) atoms. The second-order valence-corrected chi connectivity index (χ2v) is 8.32. The molecule has 0 radical (unpaired) electrons. The molecule has 0 aliphatic heterocycles. The molecule has 0 bridgehead atoms. The van der Waals surface area contributed by atoms with E-state index in [0.717, 1.165) is 42.0 Å². The summed E-state index contributed by atoms with van der Waals surface area (Å²) in [6.07, 6.45) is -2.99. The summed E-state index contributed by atoms with van der Waals surface area (Å²) in [4.78, 5) is 1.04. The quantitative estimate of drug-likeness (QED) is 0.836. The van der Waals surface area contributed by atoms with Crippen molar-refractivity contribution in [1.82, 2.24) is 4.72 Å². The number of rotatable bonds is 6. The molecule has 1 aliphatic carbocycles. The van der Waals surface area contributed by atoms with Gasteiger partial charge in [0.2, 0.25) is 10.0 Å². The Morgan fingerprint density at radius 1 is 1.17 bits per heavy atom. The number of ether oxygens (including phenoxy) is 1. The minimum absolute atomic E-state index is 0.0981. The zero-order valence-corrected chi connectivity index (χ0v) is 14.0. The predicted octanol–water partition coefficient (Wildman–Crippen LogP) is 3.66. The highest BCUT2D eigenvalue weighted by molar-refractivity contribution is 7.89. The number of thiophene rings is 1. The minimum atomic E-state index is -4.81. The third-order valence-corrected chi connectivity index (χ3v) is 6.40. The van der Waals surface area contributed by atoms with Crippen LogP contribution in [0.5, 0.6) is 5.75 Å². The number of alkyl halides is 3. The van der Waals surface area contributed by atoms with Gasteiger partial charge in [0.15, 0.2) is 0 Å². The van der Waals surface area contributed by atoms with Crippen LogP contribution in [0.2, 0.25) is 0 Å². The Balaban J connectivity index is 1.67. The lowest BCUT2D eigenvalue weighted by atomic mass is 10.1. The van der Waals surface area contributed by atoms with E-state index in [9.17, 15) is 21.6 Å². The van der Waals surface area contributed by atoms with E-state index >= 15 is 0 Å². The van der Waals surface area contributed by atoms with Gasteiger partial charge < -0.3 is 4.74 Å². The van der Waals surface area contributed by atoms with Gasteiger partial charge in [-0.3, -0.25) is 0 Å². The molecule has 1 heterocycles. The van der Waals surface area contributed by atoms with Gasteiger partial charge in [-0.15, -0.1) is 24.5 Å². The number of halogens is 3. The standard InChI is InChI=1S/C15H14F3NO3S2/c16-15(17,18)22-11-3-5-12(6-4-11)24(20,21)19-10-14(7-8-14)13-2-1-9-23-13/h1-6,9,19H,7-8,10H2. The summed E-state index contributed by atoms with van der Waals surface area (Å²) in [6, 6.07) is 8.05. The van der Waals surface area contributed by atoms with Gasteiger partial charge >= 0.3 is 6.36 Å². The fourth-order valence-electron chi connectivity index (χ4n) is 2.38. The molecular formula is C15H14F3NO3S2. The average Bonchev–Trinajstić information content (AvgIpc) is 3.08. The van der Waals surface area contributed by atoms with E-state index in [4.69, 9.17) is 0 Å². The predicted molar refractivity (Wildman–Crippen MR) is 83.5 cm³/mol. The fourth-order valence-corrected chi connectivity index (χ4v) is 4.49. The molecule has 1 aromatic carbocycles. The summed E-state index contributed by atoms with van der Waals surface area (Å²) in [5.74, 6) is -0.460. The first-order valence-corrected chi connectivity index (χ1v) is 9.46. The normalized spacial score (nSPS) is 16.8. The summed E-state index contributed by atoms with van der Waals surface area (Å²) in [7, 11) is -3.79. The SMILES string of the molecule is O=S(=O)(NCC1(c2cccs2)CC1)c1ccc(OC(F)(F)F)cc1. The maximum atomic E-state index is 12.3. The van der Waals surface area contributed by atoms with Crippen molar-refractivity contribution in [1.29, 1.82) is 0 Å². The van der Waals surface area contributed by atoms with Crippen LogP contribution in [0.15, 0.2) is 46.7 Å². The van der Waals surface area contributed by atoms with Crippen molar-refractivity contribution in [2.75, 3.05) is 6.54 Å². The smallest absolute Gasteiger partial charge is 0.406 e. The summed E-state index contributed by atoms with van der Waals surface area (Å²) >= 11 is 1.59. The maximum Gasteiger partial charge on any atom is 0.573 e. The van der Waals surface area contributed by atoms with Crippen molar-refractivity contribution < 1.29 is 26.3 Å². The van der Waals surface area contributed by atoms with Gasteiger partial charge in [-0.25, -0.2) is 13.1 Å². The monoisotopic (exact) mass is 377 g/mol. The second-order valence-electron chi connectivity index (χ2n) is 5.60. The van der Waals surface area contributed by atoms with Gasteiger partial charge in [0, 0.05) is 16.8 Å². The van der Waals surface area contributed by atoms with Crippen molar-refractivity contribution in [3.63, 3.8) is 0 Å². The molecule has 9 heteroatoms. The first-order chi connectivity index (χ1) is 11.2. The van der Waals surface area contributed by atoms with Crippen molar-refractivity contribution in [3.05, 3.63) is 46.7 Å².